The van der Waals surface area contributed by atoms with Crippen molar-refractivity contribution in [2.45, 2.75) is 60.3 Å². The Kier molecular flexibility index (Phi) is 15.1. The van der Waals surface area contributed by atoms with Crippen molar-refractivity contribution in [2.24, 2.45) is 5.92 Å². The molecule has 1 fully saturated rings. The zero-order valence-corrected chi connectivity index (χ0v) is 15.7. The van der Waals surface area contributed by atoms with Crippen LogP contribution in [0.25, 0.3) is 0 Å². The van der Waals surface area contributed by atoms with Crippen LogP contribution in [0.3, 0.4) is 0 Å². The molecule has 0 N–H and O–H groups in total. The van der Waals surface area contributed by atoms with Gasteiger partial charge >= 0.3 is 5.97 Å². The Labute approximate surface area is 145 Å². The van der Waals surface area contributed by atoms with E-state index in [0.717, 1.165) is 0 Å². The van der Waals surface area contributed by atoms with E-state index < -0.39 is 6.43 Å². The van der Waals surface area contributed by atoms with E-state index in [1.165, 1.54) is 12.3 Å². The number of ether oxygens (including phenoxy) is 1. The zero-order valence-electron chi connectivity index (χ0n) is 15.7. The van der Waals surface area contributed by atoms with Crippen LogP contribution in [-0.2, 0) is 9.53 Å². The molecule has 1 aliphatic carbocycles. The van der Waals surface area contributed by atoms with E-state index in [1.807, 2.05) is 34.6 Å². The smallest absolute Gasteiger partial charge is 0.309 e. The maximum atomic E-state index is 12.3. The molecule has 5 heteroatoms. The van der Waals surface area contributed by atoms with Crippen LogP contribution in [0.2, 0.25) is 0 Å². The molecule has 1 aromatic heterocycles. The van der Waals surface area contributed by atoms with Crippen molar-refractivity contribution >= 4 is 5.97 Å². The third-order valence-electron chi connectivity index (χ3n) is 2.82. The number of rotatable bonds is 4. The largest absolute Gasteiger partial charge is 0.466 e. The lowest BCUT2D eigenvalue weighted by molar-refractivity contribution is -0.144. The molecule has 3 nitrogen and oxygen atoms in total. The van der Waals surface area contributed by atoms with Crippen LogP contribution < -0.4 is 0 Å². The summed E-state index contributed by atoms with van der Waals surface area (Å²) in [5.74, 6) is -0.349. The molecule has 2 unspecified atom stereocenters. The molecule has 1 heterocycles. The number of carbonyl (C=O) groups excluding carboxylic acids is 1. The van der Waals surface area contributed by atoms with Crippen molar-refractivity contribution in [1.29, 1.82) is 0 Å². The fourth-order valence-corrected chi connectivity index (χ4v) is 1.80. The number of halogens is 2. The van der Waals surface area contributed by atoms with Gasteiger partial charge in [-0.3, -0.25) is 9.78 Å². The summed E-state index contributed by atoms with van der Waals surface area (Å²) in [5, 5.41) is 0. The van der Waals surface area contributed by atoms with Crippen molar-refractivity contribution in [3.8, 4) is 0 Å². The van der Waals surface area contributed by atoms with Gasteiger partial charge in [-0.05, 0) is 32.4 Å². The molecular formula is C19H31F2NO2. The SMILES string of the molecule is C=CC.CC.CC.CCOC(=O)C1CC1c1ccc(C(F)F)cn1. The van der Waals surface area contributed by atoms with Gasteiger partial charge in [0.05, 0.1) is 12.5 Å². The molecule has 2 rings (SSSR count). The van der Waals surface area contributed by atoms with Crippen LogP contribution >= 0.6 is 0 Å². The van der Waals surface area contributed by atoms with E-state index in [1.54, 1.807) is 19.1 Å². The maximum absolute atomic E-state index is 12.3. The number of esters is 1. The quantitative estimate of drug-likeness (QED) is 0.502. The van der Waals surface area contributed by atoms with E-state index in [4.69, 9.17) is 4.74 Å². The highest BCUT2D eigenvalue weighted by molar-refractivity contribution is 5.77. The number of aromatic nitrogens is 1. The molecule has 1 aromatic rings. The predicted octanol–water partition coefficient (Wildman–Crippen LogP) is 5.93. The minimum absolute atomic E-state index is 0.0285. The molecular weight excluding hydrogens is 312 g/mol. The molecule has 0 radical (unpaired) electrons. The summed E-state index contributed by atoms with van der Waals surface area (Å²) in [6, 6.07) is 2.92. The Morgan fingerprint density at radius 2 is 1.92 bits per heavy atom. The van der Waals surface area contributed by atoms with Gasteiger partial charge in [-0.2, -0.15) is 0 Å². The fourth-order valence-electron chi connectivity index (χ4n) is 1.80. The summed E-state index contributed by atoms with van der Waals surface area (Å²) in [4.78, 5) is 15.4. The Balaban J connectivity index is 0. The van der Waals surface area contributed by atoms with Crippen LogP contribution in [0.5, 0.6) is 0 Å². The van der Waals surface area contributed by atoms with E-state index in [2.05, 4.69) is 11.6 Å². The minimum Gasteiger partial charge on any atom is -0.466 e. The number of carbonyl (C=O) groups is 1. The fraction of sp³-hybridized carbons (Fsp3) is 0.579. The molecule has 0 bridgehead atoms. The number of nitrogens with zero attached hydrogens (tertiary/aromatic N) is 1. The zero-order chi connectivity index (χ0) is 19.1. The van der Waals surface area contributed by atoms with E-state index in [-0.39, 0.29) is 23.4 Å². The number of allylic oxidation sites excluding steroid dienone is 1. The van der Waals surface area contributed by atoms with Gasteiger partial charge in [0.2, 0.25) is 0 Å². The van der Waals surface area contributed by atoms with Gasteiger partial charge in [0.15, 0.2) is 0 Å². The average molecular weight is 343 g/mol. The van der Waals surface area contributed by atoms with Crippen molar-refractivity contribution in [3.63, 3.8) is 0 Å². The Hall–Kier alpha value is -1.78. The summed E-state index contributed by atoms with van der Waals surface area (Å²) in [7, 11) is 0. The van der Waals surface area contributed by atoms with Gasteiger partial charge in [0.25, 0.3) is 6.43 Å². The molecule has 0 aliphatic heterocycles. The number of hydrogen-bond acceptors (Lipinski definition) is 3. The van der Waals surface area contributed by atoms with Crippen molar-refractivity contribution < 1.29 is 18.3 Å². The van der Waals surface area contributed by atoms with Gasteiger partial charge in [-0.1, -0.05) is 33.8 Å². The summed E-state index contributed by atoms with van der Waals surface area (Å²) in [6.07, 6.45) is 1.11. The van der Waals surface area contributed by atoms with Gasteiger partial charge in [-0.25, -0.2) is 8.78 Å². The maximum Gasteiger partial charge on any atom is 0.309 e. The number of hydrogen-bond donors (Lipinski definition) is 0. The summed E-state index contributed by atoms with van der Waals surface area (Å²) in [6.45, 7) is 15.4. The van der Waals surface area contributed by atoms with Crippen molar-refractivity contribution in [2.75, 3.05) is 6.61 Å². The minimum atomic E-state index is -2.50. The first kappa shape index (κ1) is 24.5. The van der Waals surface area contributed by atoms with Crippen LogP contribution in [0, 0.1) is 5.92 Å². The number of pyridine rings is 1. The predicted molar refractivity (Wildman–Crippen MR) is 95.2 cm³/mol. The molecule has 1 saturated carbocycles. The monoisotopic (exact) mass is 343 g/mol. The van der Waals surface area contributed by atoms with Crippen LogP contribution in [0.4, 0.5) is 8.78 Å². The molecule has 2 atom stereocenters. The Morgan fingerprint density at radius 3 is 2.29 bits per heavy atom. The van der Waals surface area contributed by atoms with Crippen LogP contribution in [-0.4, -0.2) is 17.6 Å². The second-order valence-electron chi connectivity index (χ2n) is 4.43. The average Bonchev–Trinajstić information content (AvgIpc) is 3.40. The van der Waals surface area contributed by atoms with Crippen molar-refractivity contribution in [3.05, 3.63) is 42.2 Å². The highest BCUT2D eigenvalue weighted by Gasteiger charge is 2.46. The van der Waals surface area contributed by atoms with Crippen molar-refractivity contribution in [1.82, 2.24) is 4.98 Å². The van der Waals surface area contributed by atoms with Crippen LogP contribution in [0.15, 0.2) is 31.0 Å². The van der Waals surface area contributed by atoms with Crippen LogP contribution in [0.1, 0.15) is 71.6 Å². The van der Waals surface area contributed by atoms with Gasteiger partial charge in [0.1, 0.15) is 0 Å². The lowest BCUT2D eigenvalue weighted by Gasteiger charge is -2.02. The molecule has 138 valence electrons. The van der Waals surface area contributed by atoms with E-state index in [9.17, 15) is 13.6 Å². The Bertz CT molecular complexity index is 447. The highest BCUT2D eigenvalue weighted by atomic mass is 19.3. The summed E-state index contributed by atoms with van der Waals surface area (Å²) >= 11 is 0. The lowest BCUT2D eigenvalue weighted by Crippen LogP contribution is -2.07. The standard InChI is InChI=1S/C12H13F2NO2.C3H6.2C2H6/c1-2-17-12(16)9-5-8(9)10-4-3-7(6-15-10)11(13)14;1-3-2;2*1-2/h3-4,6,8-9,11H,2,5H2,1H3;3H,1H2,2H3;2*1-2H3. The number of alkyl halides is 2. The van der Waals surface area contributed by atoms with Gasteiger partial charge < -0.3 is 4.74 Å². The topological polar surface area (TPSA) is 39.2 Å². The van der Waals surface area contributed by atoms with Gasteiger partial charge in [-0.15, -0.1) is 6.58 Å². The molecule has 0 aromatic carbocycles. The second kappa shape index (κ2) is 14.8. The first-order valence-corrected chi connectivity index (χ1v) is 8.52. The first-order valence-electron chi connectivity index (χ1n) is 8.52. The normalized spacial score (nSPS) is 17.0. The van der Waals surface area contributed by atoms with E-state index >= 15 is 0 Å². The third-order valence-corrected chi connectivity index (χ3v) is 2.82. The Morgan fingerprint density at radius 1 is 1.38 bits per heavy atom. The highest BCUT2D eigenvalue weighted by Crippen LogP contribution is 2.47. The molecule has 0 amide bonds. The first-order chi connectivity index (χ1) is 11.5. The second-order valence-corrected chi connectivity index (χ2v) is 4.43. The van der Waals surface area contributed by atoms with E-state index in [0.29, 0.717) is 18.7 Å². The molecule has 24 heavy (non-hydrogen) atoms. The molecule has 1 aliphatic rings. The third kappa shape index (κ3) is 8.75. The molecule has 0 spiro atoms. The summed E-state index contributed by atoms with van der Waals surface area (Å²) in [5.41, 5.74) is 0.592. The summed E-state index contributed by atoms with van der Waals surface area (Å²) < 4.78 is 29.5. The lowest BCUT2D eigenvalue weighted by atomic mass is 10.2. The van der Waals surface area contributed by atoms with Gasteiger partial charge in [0, 0.05) is 23.4 Å². The molecule has 0 saturated heterocycles.